The van der Waals surface area contributed by atoms with E-state index in [1.54, 1.807) is 18.2 Å². The SMILES string of the molecule is CN1CCN(C2=NC(=O)C(=C(Cc3ccc(C(F)(F)F)cc3C(F)(F)F)c3ccc4[nH]ncc4c3)S2)CC1. The zero-order valence-corrected chi connectivity index (χ0v) is 20.8. The van der Waals surface area contributed by atoms with E-state index in [9.17, 15) is 31.1 Å². The molecule has 2 aliphatic heterocycles. The van der Waals surface area contributed by atoms with Crippen LogP contribution < -0.4 is 0 Å². The molecule has 38 heavy (non-hydrogen) atoms. The van der Waals surface area contributed by atoms with Crippen molar-refractivity contribution < 1.29 is 31.1 Å². The van der Waals surface area contributed by atoms with Crippen LogP contribution in [-0.2, 0) is 23.6 Å². The van der Waals surface area contributed by atoms with Gasteiger partial charge in [-0.1, -0.05) is 12.1 Å². The molecule has 0 aliphatic carbocycles. The van der Waals surface area contributed by atoms with Crippen LogP contribution in [0.15, 0.2) is 52.5 Å². The zero-order valence-electron chi connectivity index (χ0n) is 20.0. The minimum atomic E-state index is -5.03. The number of aromatic amines is 1. The Hall–Kier alpha value is -3.32. The molecule has 6 nitrogen and oxygen atoms in total. The summed E-state index contributed by atoms with van der Waals surface area (Å²) in [5.41, 5.74) is -1.77. The average molecular weight is 554 g/mol. The normalized spacial score (nSPS) is 18.9. The van der Waals surface area contributed by atoms with Gasteiger partial charge in [-0.15, -0.1) is 0 Å². The van der Waals surface area contributed by atoms with E-state index in [0.717, 1.165) is 30.9 Å². The van der Waals surface area contributed by atoms with Gasteiger partial charge in [0.1, 0.15) is 0 Å². The highest BCUT2D eigenvalue weighted by atomic mass is 32.2. The van der Waals surface area contributed by atoms with Gasteiger partial charge in [0.05, 0.1) is 27.7 Å². The van der Waals surface area contributed by atoms with E-state index in [2.05, 4.69) is 20.1 Å². The number of piperazine rings is 1. The van der Waals surface area contributed by atoms with Crippen molar-refractivity contribution >= 4 is 39.3 Å². The number of benzene rings is 2. The van der Waals surface area contributed by atoms with Crippen LogP contribution in [0.4, 0.5) is 26.3 Å². The van der Waals surface area contributed by atoms with Gasteiger partial charge in [-0.05, 0) is 66.2 Å². The number of likely N-dealkylation sites (N-methyl/N-ethyl adjacent to an activating group) is 1. The lowest BCUT2D eigenvalue weighted by Gasteiger charge is -2.33. The van der Waals surface area contributed by atoms with Crippen LogP contribution in [0.5, 0.6) is 0 Å². The van der Waals surface area contributed by atoms with E-state index < -0.39 is 35.8 Å². The lowest BCUT2D eigenvalue weighted by atomic mass is 9.92. The summed E-state index contributed by atoms with van der Waals surface area (Å²) >= 11 is 1.08. The van der Waals surface area contributed by atoms with Crippen molar-refractivity contribution in [1.82, 2.24) is 20.0 Å². The quantitative estimate of drug-likeness (QED) is 0.346. The molecule has 5 rings (SSSR count). The minimum absolute atomic E-state index is 0.118. The molecule has 3 aromatic rings. The Balaban J connectivity index is 1.59. The standard InChI is InChI=1S/C25H21F6N5OS/c1-35-6-8-36(9-7-35)23-33-22(37)21(38-23)18(14-3-5-20-16(10-14)13-32-34-20)11-15-2-4-17(24(26,27)28)12-19(15)25(29,30)31/h2-5,10,12-13H,6-9,11H2,1H3,(H,32,34). The molecule has 2 aliphatic rings. The van der Waals surface area contributed by atoms with Gasteiger partial charge in [-0.25, -0.2) is 0 Å². The van der Waals surface area contributed by atoms with E-state index in [0.29, 0.717) is 40.8 Å². The van der Waals surface area contributed by atoms with Crippen molar-refractivity contribution in [2.24, 2.45) is 4.99 Å². The van der Waals surface area contributed by atoms with Crippen molar-refractivity contribution in [3.63, 3.8) is 0 Å². The summed E-state index contributed by atoms with van der Waals surface area (Å²) in [7, 11) is 1.98. The molecule has 200 valence electrons. The van der Waals surface area contributed by atoms with Crippen molar-refractivity contribution in [3.8, 4) is 0 Å². The van der Waals surface area contributed by atoms with Gasteiger partial charge in [0, 0.05) is 31.6 Å². The average Bonchev–Trinajstić information content (AvgIpc) is 3.48. The highest BCUT2D eigenvalue weighted by Gasteiger charge is 2.39. The second-order valence-corrected chi connectivity index (χ2v) is 10.1. The largest absolute Gasteiger partial charge is 0.416 e. The number of rotatable bonds is 3. The van der Waals surface area contributed by atoms with Gasteiger partial charge >= 0.3 is 12.4 Å². The minimum Gasteiger partial charge on any atom is -0.348 e. The third kappa shape index (κ3) is 5.30. The molecule has 2 aromatic carbocycles. The maximum Gasteiger partial charge on any atom is 0.416 e. The Morgan fingerprint density at radius 3 is 2.42 bits per heavy atom. The maximum atomic E-state index is 13.9. The van der Waals surface area contributed by atoms with Gasteiger partial charge in [0.25, 0.3) is 5.91 Å². The molecular formula is C25H21F6N5OS. The Morgan fingerprint density at radius 2 is 1.74 bits per heavy atom. The molecule has 1 amide bonds. The van der Waals surface area contributed by atoms with Gasteiger partial charge < -0.3 is 9.80 Å². The van der Waals surface area contributed by atoms with Crippen LogP contribution in [-0.4, -0.2) is 64.3 Å². The number of hydrogen-bond donors (Lipinski definition) is 1. The van der Waals surface area contributed by atoms with Crippen LogP contribution in [0.3, 0.4) is 0 Å². The monoisotopic (exact) mass is 553 g/mol. The third-order valence-corrected chi connectivity index (χ3v) is 7.69. The van der Waals surface area contributed by atoms with Crippen LogP contribution in [0.2, 0.25) is 0 Å². The lowest BCUT2D eigenvalue weighted by Crippen LogP contribution is -2.46. The number of aromatic nitrogens is 2. The van der Waals surface area contributed by atoms with Crippen LogP contribution in [0, 0.1) is 0 Å². The van der Waals surface area contributed by atoms with E-state index in [1.807, 2.05) is 11.9 Å². The number of H-pyrrole nitrogens is 1. The number of allylic oxidation sites excluding steroid dienone is 1. The van der Waals surface area contributed by atoms with Crippen LogP contribution in [0.25, 0.3) is 16.5 Å². The van der Waals surface area contributed by atoms with Gasteiger partial charge in [0.2, 0.25) is 0 Å². The first kappa shape index (κ1) is 26.3. The number of carbonyl (C=O) groups excluding carboxylic acids is 1. The van der Waals surface area contributed by atoms with Crippen molar-refractivity contribution in [2.45, 2.75) is 18.8 Å². The van der Waals surface area contributed by atoms with Crippen molar-refractivity contribution in [1.29, 1.82) is 0 Å². The van der Waals surface area contributed by atoms with E-state index in [4.69, 9.17) is 0 Å². The summed E-state index contributed by atoms with van der Waals surface area (Å²) in [6.45, 7) is 2.79. The predicted octanol–water partition coefficient (Wildman–Crippen LogP) is 5.43. The number of nitrogens with zero attached hydrogens (tertiary/aromatic N) is 4. The summed E-state index contributed by atoms with van der Waals surface area (Å²) in [6.07, 6.45) is -8.85. The summed E-state index contributed by atoms with van der Waals surface area (Å²) in [5.74, 6) is -0.591. The maximum absolute atomic E-state index is 13.9. The number of thioether (sulfide) groups is 1. The molecule has 3 heterocycles. The molecule has 0 radical (unpaired) electrons. The smallest absolute Gasteiger partial charge is 0.348 e. The van der Waals surface area contributed by atoms with E-state index >= 15 is 0 Å². The Morgan fingerprint density at radius 1 is 1.00 bits per heavy atom. The number of alkyl halides is 6. The fraction of sp³-hybridized carbons (Fsp3) is 0.320. The first-order valence-corrected chi connectivity index (χ1v) is 12.4. The number of carbonyl (C=O) groups is 1. The molecule has 0 unspecified atom stereocenters. The topological polar surface area (TPSA) is 64.6 Å². The van der Waals surface area contributed by atoms with E-state index in [1.165, 1.54) is 6.20 Å². The fourth-order valence-electron chi connectivity index (χ4n) is 4.42. The molecular weight excluding hydrogens is 532 g/mol. The molecule has 0 atom stereocenters. The number of halogens is 6. The second kappa shape index (κ2) is 9.77. The number of hydrogen-bond acceptors (Lipinski definition) is 5. The molecule has 1 fully saturated rings. The fourth-order valence-corrected chi connectivity index (χ4v) is 5.49. The summed E-state index contributed by atoms with van der Waals surface area (Å²) < 4.78 is 81.4. The molecule has 0 saturated carbocycles. The molecule has 1 N–H and O–H groups in total. The number of amides is 1. The Kier molecular flexibility index (Phi) is 6.76. The highest BCUT2D eigenvalue weighted by Crippen LogP contribution is 2.42. The van der Waals surface area contributed by atoms with Crippen LogP contribution in [0.1, 0.15) is 22.3 Å². The third-order valence-electron chi connectivity index (χ3n) is 6.53. The molecule has 0 spiro atoms. The lowest BCUT2D eigenvalue weighted by molar-refractivity contribution is -0.143. The van der Waals surface area contributed by atoms with Crippen molar-refractivity contribution in [2.75, 3.05) is 33.2 Å². The molecule has 13 heteroatoms. The summed E-state index contributed by atoms with van der Waals surface area (Å²) in [5, 5.41) is 7.87. The second-order valence-electron chi connectivity index (χ2n) is 9.12. The zero-order chi connectivity index (χ0) is 27.2. The summed E-state index contributed by atoms with van der Waals surface area (Å²) in [4.78, 5) is 21.5. The van der Waals surface area contributed by atoms with Gasteiger partial charge in [-0.3, -0.25) is 9.89 Å². The van der Waals surface area contributed by atoms with Gasteiger partial charge in [-0.2, -0.15) is 36.4 Å². The highest BCUT2D eigenvalue weighted by molar-refractivity contribution is 8.18. The van der Waals surface area contributed by atoms with Gasteiger partial charge in [0.15, 0.2) is 5.17 Å². The first-order chi connectivity index (χ1) is 17.9. The molecule has 1 aromatic heterocycles. The summed E-state index contributed by atoms with van der Waals surface area (Å²) in [6, 6.07) is 6.58. The Bertz CT molecular complexity index is 1450. The predicted molar refractivity (Wildman–Crippen MR) is 132 cm³/mol. The number of fused-ring (bicyclic) bond motifs is 1. The molecule has 1 saturated heterocycles. The number of amidine groups is 1. The molecule has 0 bridgehead atoms. The number of nitrogens with one attached hydrogen (secondary N) is 1. The number of aliphatic imine (C=N–C) groups is 1. The van der Waals surface area contributed by atoms with Crippen LogP contribution >= 0.6 is 11.8 Å². The van der Waals surface area contributed by atoms with E-state index in [-0.39, 0.29) is 22.1 Å². The van der Waals surface area contributed by atoms with Crippen molar-refractivity contribution in [3.05, 3.63) is 69.8 Å². The Labute approximate surface area is 217 Å². The first-order valence-electron chi connectivity index (χ1n) is 11.6.